The summed E-state index contributed by atoms with van der Waals surface area (Å²) in [7, 11) is 0. The van der Waals surface area contributed by atoms with Crippen LogP contribution in [0.25, 0.3) is 0 Å². The first-order chi connectivity index (χ1) is 1.91. The molecule has 3 heteroatoms. The molecular weight excluding hydrogens is 93.1 g/mol. The Hall–Kier alpha value is 0.840. The Kier molecular flexibility index (Phi) is 16.4. The molecule has 0 amide bonds. The molecule has 0 heterocycles. The van der Waals surface area contributed by atoms with Crippen molar-refractivity contribution >= 4 is 12.6 Å². The molecule has 0 atom stereocenters. The third-order valence-electron chi connectivity index (χ3n) is 0.0707. The van der Waals surface area contributed by atoms with E-state index in [1.165, 1.54) is 0 Å². The third-order valence-corrected chi connectivity index (χ3v) is 0.212. The van der Waals surface area contributed by atoms with Crippen LogP contribution in [0.2, 0.25) is 0 Å². The van der Waals surface area contributed by atoms with Gasteiger partial charge in [0.15, 0.2) is 0 Å². The van der Waals surface area contributed by atoms with Gasteiger partial charge < -0.3 is 1.43 Å². The predicted octanol–water partition coefficient (Wildman–Crippen LogP) is -2.44. The van der Waals surface area contributed by atoms with Gasteiger partial charge in [-0.2, -0.15) is 17.9 Å². The summed E-state index contributed by atoms with van der Waals surface area (Å²) in [5, 5.41) is 7.55. The van der Waals surface area contributed by atoms with E-state index in [4.69, 9.17) is 5.26 Å². The molecule has 24 valence electrons. The van der Waals surface area contributed by atoms with E-state index in [0.717, 1.165) is 0 Å². The molecule has 0 saturated heterocycles. The number of thiol groups is 1. The van der Waals surface area contributed by atoms with Crippen LogP contribution in [0, 0.1) is 11.3 Å². The van der Waals surface area contributed by atoms with Crippen molar-refractivity contribution in [1.29, 1.82) is 5.26 Å². The predicted molar refractivity (Wildman–Crippen MR) is 20.6 cm³/mol. The van der Waals surface area contributed by atoms with Gasteiger partial charge in [-0.15, -0.1) is 0 Å². The van der Waals surface area contributed by atoms with E-state index in [1.807, 2.05) is 0 Å². The molecule has 5 heavy (non-hydrogen) atoms. The summed E-state index contributed by atoms with van der Waals surface area (Å²) in [5.74, 6) is 0.319. The molecule has 0 saturated carbocycles. The van der Waals surface area contributed by atoms with E-state index < -0.39 is 0 Å². The standard InChI is InChI=1S/C2H3NS.Na.H/c3-1-2-4;;/h4H,2H2;;/q;+1;-1. The van der Waals surface area contributed by atoms with Gasteiger partial charge in [0, 0.05) is 0 Å². The molecule has 0 bridgehead atoms. The normalized spacial score (nSPS) is 4.00. The Morgan fingerprint density at radius 1 is 2.00 bits per heavy atom. The average Bonchev–Trinajstić information content (AvgIpc) is 1.37. The molecule has 0 aromatic rings. The van der Waals surface area contributed by atoms with E-state index in [9.17, 15) is 0 Å². The Morgan fingerprint density at radius 2 is 2.20 bits per heavy atom. The van der Waals surface area contributed by atoms with Crippen LogP contribution in [-0.4, -0.2) is 5.75 Å². The summed E-state index contributed by atoms with van der Waals surface area (Å²) < 4.78 is 0. The number of nitriles is 1. The molecule has 0 N–H and O–H groups in total. The quantitative estimate of drug-likeness (QED) is 0.263. The zero-order chi connectivity index (χ0) is 3.41. The van der Waals surface area contributed by atoms with Crippen molar-refractivity contribution < 1.29 is 31.0 Å². The average molecular weight is 97.1 g/mol. The monoisotopic (exact) mass is 97.0 g/mol. The Morgan fingerprint density at radius 3 is 2.20 bits per heavy atom. The van der Waals surface area contributed by atoms with Crippen LogP contribution in [0.4, 0.5) is 0 Å². The van der Waals surface area contributed by atoms with Gasteiger partial charge in [-0.1, -0.05) is 0 Å². The molecule has 0 rings (SSSR count). The van der Waals surface area contributed by atoms with Gasteiger partial charge in [0.1, 0.15) is 0 Å². The Balaban J connectivity index is -0.0000000450. The molecule has 0 fully saturated rings. The maximum absolute atomic E-state index is 7.55. The van der Waals surface area contributed by atoms with Gasteiger partial charge >= 0.3 is 29.6 Å². The van der Waals surface area contributed by atoms with Crippen molar-refractivity contribution in [3.05, 3.63) is 0 Å². The Labute approximate surface area is 60.6 Å². The molecule has 0 aliphatic rings. The minimum Gasteiger partial charge on any atom is -1.00 e. The minimum absolute atomic E-state index is 0. The van der Waals surface area contributed by atoms with Gasteiger partial charge in [0.2, 0.25) is 0 Å². The minimum atomic E-state index is 0. The molecule has 0 aliphatic carbocycles. The van der Waals surface area contributed by atoms with E-state index in [-0.39, 0.29) is 31.0 Å². The number of rotatable bonds is 0. The van der Waals surface area contributed by atoms with Gasteiger partial charge in [-0.25, -0.2) is 0 Å². The second-order valence-electron chi connectivity index (χ2n) is 0.316. The second kappa shape index (κ2) is 8.85. The van der Waals surface area contributed by atoms with Crippen LogP contribution >= 0.6 is 12.6 Å². The second-order valence-corrected chi connectivity index (χ2v) is 0.632. The van der Waals surface area contributed by atoms with Crippen molar-refractivity contribution in [3.8, 4) is 6.07 Å². The fraction of sp³-hybridized carbons (Fsp3) is 0.500. The van der Waals surface area contributed by atoms with Crippen LogP contribution in [0.3, 0.4) is 0 Å². The van der Waals surface area contributed by atoms with E-state index in [0.29, 0.717) is 5.75 Å². The molecule has 0 spiro atoms. The molecule has 0 radical (unpaired) electrons. The van der Waals surface area contributed by atoms with Gasteiger partial charge in [-0.05, 0) is 0 Å². The molecule has 0 aromatic carbocycles. The van der Waals surface area contributed by atoms with Crippen molar-refractivity contribution in [1.82, 2.24) is 0 Å². The van der Waals surface area contributed by atoms with Crippen molar-refractivity contribution in [2.45, 2.75) is 0 Å². The molecule has 0 aromatic heterocycles. The first-order valence-corrected chi connectivity index (χ1v) is 1.53. The van der Waals surface area contributed by atoms with Gasteiger partial charge in [0.25, 0.3) is 0 Å². The first kappa shape index (κ1) is 9.28. The SMILES string of the molecule is N#CCS.[H-].[Na+]. The van der Waals surface area contributed by atoms with E-state index >= 15 is 0 Å². The summed E-state index contributed by atoms with van der Waals surface area (Å²) in [5.41, 5.74) is 0. The summed E-state index contributed by atoms with van der Waals surface area (Å²) in [4.78, 5) is 0. The third kappa shape index (κ3) is 11.5. The van der Waals surface area contributed by atoms with Crippen LogP contribution in [0.1, 0.15) is 1.43 Å². The fourth-order valence-electron chi connectivity index (χ4n) is 0. The molecule has 0 aliphatic heterocycles. The summed E-state index contributed by atoms with van der Waals surface area (Å²) >= 11 is 3.56. The van der Waals surface area contributed by atoms with Gasteiger partial charge in [0.05, 0.1) is 11.8 Å². The van der Waals surface area contributed by atoms with Crippen molar-refractivity contribution in [2.24, 2.45) is 0 Å². The topological polar surface area (TPSA) is 23.8 Å². The Bertz CT molecular complexity index is 43.3. The molecule has 0 unspecified atom stereocenters. The van der Waals surface area contributed by atoms with Crippen LogP contribution in [0.5, 0.6) is 0 Å². The zero-order valence-corrected chi connectivity index (χ0v) is 6.00. The van der Waals surface area contributed by atoms with Crippen molar-refractivity contribution in [3.63, 3.8) is 0 Å². The smallest absolute Gasteiger partial charge is 1.00 e. The van der Waals surface area contributed by atoms with Crippen LogP contribution in [-0.2, 0) is 0 Å². The number of nitrogens with zero attached hydrogens (tertiary/aromatic N) is 1. The number of hydrogen-bond acceptors (Lipinski definition) is 2. The molecular formula is C2H4NNaS. The largest absolute Gasteiger partial charge is 1.00 e. The van der Waals surface area contributed by atoms with Crippen LogP contribution in [0.15, 0.2) is 0 Å². The summed E-state index contributed by atoms with van der Waals surface area (Å²) in [6, 6.07) is 1.79. The van der Waals surface area contributed by atoms with Crippen LogP contribution < -0.4 is 29.6 Å². The van der Waals surface area contributed by atoms with Crippen molar-refractivity contribution in [2.75, 3.05) is 5.75 Å². The maximum atomic E-state index is 7.55. The maximum Gasteiger partial charge on any atom is 1.00 e. The number of hydrogen-bond donors (Lipinski definition) is 1. The van der Waals surface area contributed by atoms with E-state index in [1.54, 1.807) is 6.07 Å². The summed E-state index contributed by atoms with van der Waals surface area (Å²) in [6.45, 7) is 0. The molecule has 1 nitrogen and oxygen atoms in total. The summed E-state index contributed by atoms with van der Waals surface area (Å²) in [6.07, 6.45) is 0. The fourth-order valence-corrected chi connectivity index (χ4v) is 0. The first-order valence-electron chi connectivity index (χ1n) is 0.893. The van der Waals surface area contributed by atoms with E-state index in [2.05, 4.69) is 12.6 Å². The van der Waals surface area contributed by atoms with Gasteiger partial charge in [-0.3, -0.25) is 0 Å². The zero-order valence-electron chi connectivity index (χ0n) is 4.10.